The number of carbonyl (C=O) groups excluding carboxylic acids is 1. The molecule has 0 aliphatic carbocycles. The molecule has 0 rings (SSSR count). The van der Waals surface area contributed by atoms with Crippen LogP contribution >= 0.6 is 0 Å². The zero-order valence-electron chi connectivity index (χ0n) is 9.81. The van der Waals surface area contributed by atoms with Crippen molar-refractivity contribution in [2.75, 3.05) is 0 Å². The van der Waals surface area contributed by atoms with Crippen LogP contribution in [0.2, 0.25) is 0 Å². The molecule has 0 saturated heterocycles. The summed E-state index contributed by atoms with van der Waals surface area (Å²) in [4.78, 5) is 11.8. The molecule has 0 bridgehead atoms. The maximum Gasteiger partial charge on any atom is 0.138 e. The molecule has 0 amide bonds. The van der Waals surface area contributed by atoms with Crippen LogP contribution in [0.1, 0.15) is 60.3 Å². The summed E-state index contributed by atoms with van der Waals surface area (Å²) in [5, 5.41) is 0. The fraction of sp³-hybridized carbons (Fsp3) is 0.917. The normalized spacial score (nSPS) is 12.2. The Hall–Kier alpha value is -0.330. The highest BCUT2D eigenvalue weighted by molar-refractivity contribution is 5.83. The molecule has 0 radical (unpaired) electrons. The molecular formula is C12H24O. The van der Waals surface area contributed by atoms with Crippen molar-refractivity contribution in [1.82, 2.24) is 0 Å². The molecule has 0 atom stereocenters. The molecule has 78 valence electrons. The van der Waals surface area contributed by atoms with Crippen LogP contribution in [0.5, 0.6) is 0 Å². The molecule has 13 heavy (non-hydrogen) atoms. The Kier molecular flexibility index (Phi) is 5.27. The van der Waals surface area contributed by atoms with Crippen LogP contribution in [0.4, 0.5) is 0 Å². The van der Waals surface area contributed by atoms with E-state index in [4.69, 9.17) is 0 Å². The number of rotatable bonds is 6. The molecule has 0 spiro atoms. The van der Waals surface area contributed by atoms with Gasteiger partial charge in [0.1, 0.15) is 5.78 Å². The summed E-state index contributed by atoms with van der Waals surface area (Å²) in [7, 11) is 0. The van der Waals surface area contributed by atoms with E-state index in [0.29, 0.717) is 11.7 Å². The molecule has 0 aliphatic rings. The lowest BCUT2D eigenvalue weighted by atomic mass is 9.78. The summed E-state index contributed by atoms with van der Waals surface area (Å²) in [6.45, 7) is 10.6. The second-order valence-corrected chi connectivity index (χ2v) is 5.01. The van der Waals surface area contributed by atoms with Gasteiger partial charge in [0.05, 0.1) is 0 Å². The van der Waals surface area contributed by atoms with Crippen LogP contribution in [-0.2, 0) is 4.79 Å². The van der Waals surface area contributed by atoms with E-state index in [9.17, 15) is 4.79 Å². The minimum atomic E-state index is -0.108. The van der Waals surface area contributed by atoms with Gasteiger partial charge in [-0.2, -0.15) is 0 Å². The Balaban J connectivity index is 4.03. The van der Waals surface area contributed by atoms with Gasteiger partial charge in [-0.15, -0.1) is 0 Å². The van der Waals surface area contributed by atoms with Crippen LogP contribution in [0.3, 0.4) is 0 Å². The van der Waals surface area contributed by atoms with Gasteiger partial charge in [0.15, 0.2) is 0 Å². The molecular weight excluding hydrogens is 160 g/mol. The molecule has 1 heteroatoms. The average molecular weight is 184 g/mol. The number of Topliss-reactive ketones (excluding diaryl/α,β-unsaturated/α-hetero) is 1. The third-order valence-corrected chi connectivity index (χ3v) is 2.43. The molecule has 0 N–H and O–H groups in total. The first-order valence-corrected chi connectivity index (χ1v) is 5.43. The lowest BCUT2D eigenvalue weighted by molar-refractivity contribution is -0.128. The van der Waals surface area contributed by atoms with Crippen molar-refractivity contribution in [3.63, 3.8) is 0 Å². The molecule has 0 aromatic rings. The Morgan fingerprint density at radius 1 is 1.31 bits per heavy atom. The van der Waals surface area contributed by atoms with Crippen molar-refractivity contribution in [3.05, 3.63) is 0 Å². The highest BCUT2D eigenvalue weighted by Gasteiger charge is 2.27. The molecule has 0 aromatic heterocycles. The van der Waals surface area contributed by atoms with E-state index in [-0.39, 0.29) is 5.41 Å². The quantitative estimate of drug-likeness (QED) is 0.613. The zero-order chi connectivity index (χ0) is 10.5. The van der Waals surface area contributed by atoms with Gasteiger partial charge >= 0.3 is 0 Å². The Labute approximate surface area is 82.9 Å². The Morgan fingerprint density at radius 3 is 2.23 bits per heavy atom. The second kappa shape index (κ2) is 5.41. The summed E-state index contributed by atoms with van der Waals surface area (Å²) >= 11 is 0. The van der Waals surface area contributed by atoms with Crippen molar-refractivity contribution in [2.45, 2.75) is 60.3 Å². The van der Waals surface area contributed by atoms with Crippen molar-refractivity contribution in [3.8, 4) is 0 Å². The van der Waals surface area contributed by atoms with E-state index in [0.717, 1.165) is 25.7 Å². The summed E-state index contributed by atoms with van der Waals surface area (Å²) in [6.07, 6.45) is 3.93. The van der Waals surface area contributed by atoms with E-state index in [1.807, 2.05) is 0 Å². The molecule has 0 aliphatic heterocycles. The van der Waals surface area contributed by atoms with Crippen molar-refractivity contribution < 1.29 is 4.79 Å². The van der Waals surface area contributed by atoms with Crippen LogP contribution in [0.15, 0.2) is 0 Å². The van der Waals surface area contributed by atoms with Crippen molar-refractivity contribution in [1.29, 1.82) is 0 Å². The molecule has 0 heterocycles. The minimum Gasteiger partial charge on any atom is -0.299 e. The molecule has 0 saturated carbocycles. The maximum atomic E-state index is 11.8. The van der Waals surface area contributed by atoms with Gasteiger partial charge in [-0.3, -0.25) is 4.79 Å². The largest absolute Gasteiger partial charge is 0.299 e. The second-order valence-electron chi connectivity index (χ2n) is 5.01. The minimum absolute atomic E-state index is 0.108. The van der Waals surface area contributed by atoms with Crippen LogP contribution in [0, 0.1) is 11.3 Å². The zero-order valence-corrected chi connectivity index (χ0v) is 9.81. The monoisotopic (exact) mass is 184 g/mol. The van der Waals surface area contributed by atoms with Gasteiger partial charge < -0.3 is 0 Å². The SMILES string of the molecule is CCCCC(=O)C(C)(C)CC(C)C. The van der Waals surface area contributed by atoms with Gasteiger partial charge in [-0.25, -0.2) is 0 Å². The molecule has 0 unspecified atom stereocenters. The summed E-state index contributed by atoms with van der Waals surface area (Å²) in [5.41, 5.74) is -0.108. The topological polar surface area (TPSA) is 17.1 Å². The number of carbonyl (C=O) groups is 1. The third-order valence-electron chi connectivity index (χ3n) is 2.43. The first-order chi connectivity index (χ1) is 5.90. The molecule has 1 nitrogen and oxygen atoms in total. The maximum absolute atomic E-state index is 11.8. The summed E-state index contributed by atoms with van der Waals surface area (Å²) in [6, 6.07) is 0. The van der Waals surface area contributed by atoms with Crippen LogP contribution in [-0.4, -0.2) is 5.78 Å². The highest BCUT2D eigenvalue weighted by atomic mass is 16.1. The number of ketones is 1. The molecule has 0 aromatic carbocycles. The van der Waals surface area contributed by atoms with Crippen LogP contribution in [0.25, 0.3) is 0 Å². The first kappa shape index (κ1) is 12.7. The average Bonchev–Trinajstić information content (AvgIpc) is 1.97. The van der Waals surface area contributed by atoms with Gasteiger partial charge in [-0.05, 0) is 18.8 Å². The third kappa shape index (κ3) is 5.07. The van der Waals surface area contributed by atoms with Gasteiger partial charge in [0.2, 0.25) is 0 Å². The van der Waals surface area contributed by atoms with E-state index in [1.165, 1.54) is 0 Å². The predicted molar refractivity (Wildman–Crippen MR) is 57.8 cm³/mol. The lowest BCUT2D eigenvalue weighted by Gasteiger charge is -2.25. The number of hydrogen-bond acceptors (Lipinski definition) is 1. The smallest absolute Gasteiger partial charge is 0.138 e. The van der Waals surface area contributed by atoms with Gasteiger partial charge in [-0.1, -0.05) is 41.0 Å². The highest BCUT2D eigenvalue weighted by Crippen LogP contribution is 2.28. The predicted octanol–water partition coefficient (Wildman–Crippen LogP) is 3.82. The van der Waals surface area contributed by atoms with Crippen molar-refractivity contribution in [2.24, 2.45) is 11.3 Å². The lowest BCUT2D eigenvalue weighted by Crippen LogP contribution is -2.25. The van der Waals surface area contributed by atoms with E-state index in [2.05, 4.69) is 34.6 Å². The summed E-state index contributed by atoms with van der Waals surface area (Å²) in [5.74, 6) is 1.05. The van der Waals surface area contributed by atoms with E-state index >= 15 is 0 Å². The van der Waals surface area contributed by atoms with E-state index < -0.39 is 0 Å². The van der Waals surface area contributed by atoms with Gasteiger partial charge in [0, 0.05) is 11.8 Å². The van der Waals surface area contributed by atoms with Gasteiger partial charge in [0.25, 0.3) is 0 Å². The Morgan fingerprint density at radius 2 is 1.85 bits per heavy atom. The van der Waals surface area contributed by atoms with Crippen LogP contribution < -0.4 is 0 Å². The number of hydrogen-bond donors (Lipinski definition) is 0. The van der Waals surface area contributed by atoms with E-state index in [1.54, 1.807) is 0 Å². The fourth-order valence-corrected chi connectivity index (χ4v) is 1.81. The summed E-state index contributed by atoms with van der Waals surface area (Å²) < 4.78 is 0. The fourth-order valence-electron chi connectivity index (χ4n) is 1.81. The first-order valence-electron chi connectivity index (χ1n) is 5.43. The number of unbranched alkanes of at least 4 members (excludes halogenated alkanes) is 1. The van der Waals surface area contributed by atoms with Crippen molar-refractivity contribution >= 4 is 5.78 Å². The standard InChI is InChI=1S/C12H24O/c1-6-7-8-11(13)12(4,5)9-10(2)3/h10H,6-9H2,1-5H3. The Bertz CT molecular complexity index is 157. The molecule has 0 fully saturated rings.